The fourth-order valence-electron chi connectivity index (χ4n) is 1.74. The van der Waals surface area contributed by atoms with E-state index in [4.69, 9.17) is 4.74 Å². The maximum Gasteiger partial charge on any atom is 0.233 e. The van der Waals surface area contributed by atoms with Crippen molar-refractivity contribution in [3.05, 3.63) is 53.2 Å². The van der Waals surface area contributed by atoms with Gasteiger partial charge in [0.2, 0.25) is 5.88 Å². The number of nitrogens with zero attached hydrogens (tertiary/aromatic N) is 2. The average Bonchev–Trinajstić information content (AvgIpc) is 2.46. The van der Waals surface area contributed by atoms with Gasteiger partial charge in [-0.3, -0.25) is 0 Å². The Kier molecular flexibility index (Phi) is 3.89. The van der Waals surface area contributed by atoms with Crippen LogP contribution in [0.15, 0.2) is 36.4 Å². The van der Waals surface area contributed by atoms with E-state index in [-0.39, 0.29) is 0 Å². The standard InChI is InChI=1S/C14H16N2O2/c1-3-10-5-4-6-11(9-10)14(17)12-7-8-13(18-2)16-15-12/h4-9,14,17H,3H2,1-2H3. The highest BCUT2D eigenvalue weighted by molar-refractivity contribution is 5.30. The molecule has 1 heterocycles. The lowest BCUT2D eigenvalue weighted by molar-refractivity contribution is 0.213. The minimum atomic E-state index is -0.755. The molecule has 0 amide bonds. The van der Waals surface area contributed by atoms with Crippen LogP contribution in [-0.2, 0) is 6.42 Å². The fourth-order valence-corrected chi connectivity index (χ4v) is 1.74. The molecule has 0 aliphatic heterocycles. The number of aliphatic hydroxyl groups excluding tert-OH is 1. The second-order valence-electron chi connectivity index (χ2n) is 4.00. The van der Waals surface area contributed by atoms with Gasteiger partial charge in [0, 0.05) is 6.07 Å². The number of aromatic nitrogens is 2. The first-order chi connectivity index (χ1) is 8.74. The molecule has 0 aliphatic rings. The Morgan fingerprint density at radius 3 is 2.67 bits per heavy atom. The zero-order chi connectivity index (χ0) is 13.0. The molecular weight excluding hydrogens is 228 g/mol. The van der Waals surface area contributed by atoms with Gasteiger partial charge in [-0.25, -0.2) is 0 Å². The van der Waals surface area contributed by atoms with E-state index in [1.165, 1.54) is 12.7 Å². The summed E-state index contributed by atoms with van der Waals surface area (Å²) in [5.41, 5.74) is 2.53. The van der Waals surface area contributed by atoms with E-state index < -0.39 is 6.10 Å². The van der Waals surface area contributed by atoms with E-state index >= 15 is 0 Å². The average molecular weight is 244 g/mol. The number of ether oxygens (including phenoxy) is 1. The molecular formula is C14H16N2O2. The molecule has 18 heavy (non-hydrogen) atoms. The van der Waals surface area contributed by atoms with Crippen molar-refractivity contribution in [3.8, 4) is 5.88 Å². The summed E-state index contributed by atoms with van der Waals surface area (Å²) in [6, 6.07) is 11.3. The quantitative estimate of drug-likeness (QED) is 0.895. The van der Waals surface area contributed by atoms with Crippen LogP contribution in [0.2, 0.25) is 0 Å². The summed E-state index contributed by atoms with van der Waals surface area (Å²) in [6.07, 6.45) is 0.185. The van der Waals surface area contributed by atoms with Crippen LogP contribution in [0.4, 0.5) is 0 Å². The first kappa shape index (κ1) is 12.5. The lowest BCUT2D eigenvalue weighted by Gasteiger charge is -2.11. The Morgan fingerprint density at radius 2 is 2.06 bits per heavy atom. The maximum atomic E-state index is 10.2. The van der Waals surface area contributed by atoms with Crippen molar-refractivity contribution >= 4 is 0 Å². The van der Waals surface area contributed by atoms with Gasteiger partial charge in [-0.1, -0.05) is 31.2 Å². The van der Waals surface area contributed by atoms with Crippen LogP contribution in [0, 0.1) is 0 Å². The van der Waals surface area contributed by atoms with E-state index in [0.717, 1.165) is 12.0 Å². The van der Waals surface area contributed by atoms with Crippen molar-refractivity contribution in [1.82, 2.24) is 10.2 Å². The summed E-state index contributed by atoms with van der Waals surface area (Å²) in [4.78, 5) is 0. The number of rotatable bonds is 4. The van der Waals surface area contributed by atoms with Crippen LogP contribution in [-0.4, -0.2) is 22.4 Å². The number of aliphatic hydroxyl groups is 1. The smallest absolute Gasteiger partial charge is 0.233 e. The van der Waals surface area contributed by atoms with Crippen molar-refractivity contribution in [1.29, 1.82) is 0 Å². The Morgan fingerprint density at radius 1 is 1.22 bits per heavy atom. The molecule has 0 bridgehead atoms. The van der Waals surface area contributed by atoms with Crippen molar-refractivity contribution in [2.24, 2.45) is 0 Å². The molecule has 1 N–H and O–H groups in total. The monoisotopic (exact) mass is 244 g/mol. The number of hydrogen-bond donors (Lipinski definition) is 1. The predicted octanol–water partition coefficient (Wildman–Crippen LogP) is 2.13. The van der Waals surface area contributed by atoms with Crippen molar-refractivity contribution in [2.45, 2.75) is 19.4 Å². The molecule has 0 saturated carbocycles. The highest BCUT2D eigenvalue weighted by Crippen LogP contribution is 2.21. The molecule has 0 spiro atoms. The molecule has 0 radical (unpaired) electrons. The lowest BCUT2D eigenvalue weighted by Crippen LogP contribution is -2.04. The summed E-state index contributed by atoms with van der Waals surface area (Å²) >= 11 is 0. The summed E-state index contributed by atoms with van der Waals surface area (Å²) in [7, 11) is 1.53. The molecule has 94 valence electrons. The molecule has 1 atom stereocenters. The zero-order valence-electron chi connectivity index (χ0n) is 10.5. The molecule has 1 unspecified atom stereocenters. The Balaban J connectivity index is 2.25. The van der Waals surface area contributed by atoms with E-state index in [1.54, 1.807) is 12.1 Å². The van der Waals surface area contributed by atoms with Crippen LogP contribution >= 0.6 is 0 Å². The van der Waals surface area contributed by atoms with Gasteiger partial charge in [0.25, 0.3) is 0 Å². The molecule has 2 rings (SSSR count). The topological polar surface area (TPSA) is 55.2 Å². The molecule has 4 heteroatoms. The third-order valence-corrected chi connectivity index (χ3v) is 2.83. The maximum absolute atomic E-state index is 10.2. The summed E-state index contributed by atoms with van der Waals surface area (Å²) in [5.74, 6) is 0.438. The molecule has 0 aliphatic carbocycles. The second-order valence-corrected chi connectivity index (χ2v) is 4.00. The SMILES string of the molecule is CCc1cccc(C(O)c2ccc(OC)nn2)c1. The highest BCUT2D eigenvalue weighted by atomic mass is 16.5. The minimum absolute atomic E-state index is 0.438. The largest absolute Gasteiger partial charge is 0.480 e. The van der Waals surface area contributed by atoms with Gasteiger partial charge in [0.05, 0.1) is 12.8 Å². The fraction of sp³-hybridized carbons (Fsp3) is 0.286. The normalized spacial score (nSPS) is 12.2. The van der Waals surface area contributed by atoms with Crippen molar-refractivity contribution < 1.29 is 9.84 Å². The summed E-state index contributed by atoms with van der Waals surface area (Å²) < 4.78 is 4.94. The van der Waals surface area contributed by atoms with E-state index in [9.17, 15) is 5.11 Å². The molecule has 2 aromatic rings. The van der Waals surface area contributed by atoms with E-state index in [2.05, 4.69) is 17.1 Å². The first-order valence-electron chi connectivity index (χ1n) is 5.89. The number of aryl methyl sites for hydroxylation is 1. The van der Waals surface area contributed by atoms with Gasteiger partial charge in [0.1, 0.15) is 6.10 Å². The van der Waals surface area contributed by atoms with Crippen LogP contribution in [0.3, 0.4) is 0 Å². The minimum Gasteiger partial charge on any atom is -0.480 e. The lowest BCUT2D eigenvalue weighted by atomic mass is 10.0. The second kappa shape index (κ2) is 5.60. The van der Waals surface area contributed by atoms with Gasteiger partial charge >= 0.3 is 0 Å². The van der Waals surface area contributed by atoms with Crippen LogP contribution in [0.1, 0.15) is 29.8 Å². The van der Waals surface area contributed by atoms with Crippen molar-refractivity contribution in [3.63, 3.8) is 0 Å². The third-order valence-electron chi connectivity index (χ3n) is 2.83. The van der Waals surface area contributed by atoms with Crippen molar-refractivity contribution in [2.75, 3.05) is 7.11 Å². The van der Waals surface area contributed by atoms with Crippen LogP contribution in [0.25, 0.3) is 0 Å². The Bertz CT molecular complexity index is 511. The van der Waals surface area contributed by atoms with Gasteiger partial charge in [-0.05, 0) is 23.6 Å². The van der Waals surface area contributed by atoms with Gasteiger partial charge in [0.15, 0.2) is 0 Å². The van der Waals surface area contributed by atoms with E-state index in [1.807, 2.05) is 24.3 Å². The first-order valence-corrected chi connectivity index (χ1v) is 5.89. The van der Waals surface area contributed by atoms with Crippen LogP contribution in [0.5, 0.6) is 5.88 Å². The third kappa shape index (κ3) is 2.65. The summed E-state index contributed by atoms with van der Waals surface area (Å²) in [6.45, 7) is 2.08. The Hall–Kier alpha value is -1.94. The van der Waals surface area contributed by atoms with Gasteiger partial charge in [-0.15, -0.1) is 10.2 Å². The predicted molar refractivity (Wildman–Crippen MR) is 68.5 cm³/mol. The molecule has 1 aromatic heterocycles. The number of hydrogen-bond acceptors (Lipinski definition) is 4. The molecule has 0 fully saturated rings. The molecule has 4 nitrogen and oxygen atoms in total. The highest BCUT2D eigenvalue weighted by Gasteiger charge is 2.12. The Labute approximate surface area is 106 Å². The molecule has 1 aromatic carbocycles. The van der Waals surface area contributed by atoms with Gasteiger partial charge < -0.3 is 9.84 Å². The molecule has 0 saturated heterocycles. The number of benzene rings is 1. The summed E-state index contributed by atoms with van der Waals surface area (Å²) in [5, 5.41) is 18.0. The van der Waals surface area contributed by atoms with Gasteiger partial charge in [-0.2, -0.15) is 0 Å². The van der Waals surface area contributed by atoms with Crippen LogP contribution < -0.4 is 4.74 Å². The number of methoxy groups -OCH3 is 1. The zero-order valence-corrected chi connectivity index (χ0v) is 10.5. The van der Waals surface area contributed by atoms with E-state index in [0.29, 0.717) is 11.6 Å².